The molecule has 0 unspecified atom stereocenters. The van der Waals surface area contributed by atoms with Gasteiger partial charge in [0, 0.05) is 35.0 Å². The monoisotopic (exact) mass is 506 g/mol. The van der Waals surface area contributed by atoms with Crippen molar-refractivity contribution in [3.63, 3.8) is 0 Å². The molecule has 3 rings (SSSR count). The second-order valence-corrected chi connectivity index (χ2v) is 9.47. The molecule has 1 aromatic carbocycles. The Morgan fingerprint density at radius 2 is 2.00 bits per heavy atom. The number of rotatable bonds is 11. The summed E-state index contributed by atoms with van der Waals surface area (Å²) in [6.07, 6.45) is 1.76. The lowest BCUT2D eigenvalue weighted by Crippen LogP contribution is -2.27. The number of benzene rings is 1. The largest absolute Gasteiger partial charge is 0.380 e. The average molecular weight is 507 g/mol. The molecule has 0 aliphatic carbocycles. The van der Waals surface area contributed by atoms with Crippen molar-refractivity contribution >= 4 is 50.5 Å². The maximum Gasteiger partial charge on any atom is 0.251 e. The second kappa shape index (κ2) is 11.4. The van der Waals surface area contributed by atoms with Gasteiger partial charge in [-0.15, -0.1) is 0 Å². The molecule has 0 aliphatic rings. The molecule has 0 aliphatic heterocycles. The van der Waals surface area contributed by atoms with Gasteiger partial charge in [0.25, 0.3) is 5.91 Å². The van der Waals surface area contributed by atoms with Gasteiger partial charge in [0.1, 0.15) is 5.82 Å². The molecular weight excluding hydrogens is 480 g/mol. The molecule has 0 bridgehead atoms. The lowest BCUT2D eigenvalue weighted by molar-refractivity contribution is 0.0952. The molecule has 2 aromatic heterocycles. The van der Waals surface area contributed by atoms with Crippen molar-refractivity contribution in [2.24, 2.45) is 0 Å². The molecule has 10 heteroatoms. The first-order valence-electron chi connectivity index (χ1n) is 10.2. The maximum atomic E-state index is 12.3. The number of carbonyl (C=O) groups is 1. The number of ether oxygens (including phenoxy) is 1. The Bertz CT molecular complexity index is 1010. The first-order valence-corrected chi connectivity index (χ1v) is 11.9. The summed E-state index contributed by atoms with van der Waals surface area (Å²) in [5.41, 5.74) is 1.36. The minimum Gasteiger partial charge on any atom is -0.380 e. The number of halogens is 1. The molecule has 0 spiro atoms. The van der Waals surface area contributed by atoms with Crippen LogP contribution in [0.3, 0.4) is 0 Å². The van der Waals surface area contributed by atoms with Crippen molar-refractivity contribution < 1.29 is 9.53 Å². The zero-order valence-electron chi connectivity index (χ0n) is 17.9. The smallest absolute Gasteiger partial charge is 0.251 e. The highest BCUT2D eigenvalue weighted by Gasteiger charge is 2.14. The van der Waals surface area contributed by atoms with Gasteiger partial charge in [0.15, 0.2) is 10.8 Å². The van der Waals surface area contributed by atoms with E-state index in [1.807, 2.05) is 19.1 Å². The lowest BCUT2D eigenvalue weighted by Gasteiger charge is -2.11. The summed E-state index contributed by atoms with van der Waals surface area (Å²) in [7, 11) is 0. The molecule has 2 heterocycles. The van der Waals surface area contributed by atoms with Crippen LogP contribution >= 0.6 is 27.7 Å². The van der Waals surface area contributed by atoms with Gasteiger partial charge >= 0.3 is 0 Å². The summed E-state index contributed by atoms with van der Waals surface area (Å²) in [6.45, 7) is 9.07. The quantitative estimate of drug-likeness (QED) is 0.231. The number of nitrogens with zero attached hydrogens (tertiary/aromatic N) is 4. The lowest BCUT2D eigenvalue weighted by atomic mass is 10.2. The Morgan fingerprint density at radius 3 is 2.71 bits per heavy atom. The Kier molecular flexibility index (Phi) is 8.68. The van der Waals surface area contributed by atoms with Gasteiger partial charge in [0.2, 0.25) is 0 Å². The average Bonchev–Trinajstić information content (AvgIpc) is 3.14. The van der Waals surface area contributed by atoms with Crippen molar-refractivity contribution in [1.82, 2.24) is 25.1 Å². The first-order chi connectivity index (χ1) is 15.0. The van der Waals surface area contributed by atoms with E-state index >= 15 is 0 Å². The minimum atomic E-state index is -0.118. The zero-order valence-corrected chi connectivity index (χ0v) is 20.3. The summed E-state index contributed by atoms with van der Waals surface area (Å²) in [6, 6.07) is 7.26. The van der Waals surface area contributed by atoms with Gasteiger partial charge in [-0.1, -0.05) is 41.5 Å². The number of aromatic nitrogens is 4. The number of amides is 1. The number of nitrogens with one attached hydrogen (secondary N) is 2. The molecule has 3 aromatic rings. The van der Waals surface area contributed by atoms with Crippen LogP contribution in [0.4, 0.5) is 5.82 Å². The third kappa shape index (κ3) is 6.65. The Hall–Kier alpha value is -2.17. The fourth-order valence-electron chi connectivity index (χ4n) is 2.86. The highest BCUT2D eigenvalue weighted by molar-refractivity contribution is 9.10. The van der Waals surface area contributed by atoms with E-state index in [0.717, 1.165) is 21.3 Å². The number of fused-ring (bicyclic) bond motifs is 1. The van der Waals surface area contributed by atoms with E-state index in [0.29, 0.717) is 48.8 Å². The summed E-state index contributed by atoms with van der Waals surface area (Å²) in [5.74, 6) is 0.630. The van der Waals surface area contributed by atoms with Crippen molar-refractivity contribution in [2.75, 3.05) is 31.6 Å². The van der Waals surface area contributed by atoms with Crippen LogP contribution in [0.1, 0.15) is 31.1 Å². The van der Waals surface area contributed by atoms with Crippen LogP contribution in [0.15, 0.2) is 40.1 Å². The zero-order chi connectivity index (χ0) is 22.2. The first kappa shape index (κ1) is 23.5. The van der Waals surface area contributed by atoms with E-state index in [4.69, 9.17) is 9.72 Å². The van der Waals surface area contributed by atoms with Gasteiger partial charge in [-0.3, -0.25) is 4.79 Å². The number of carbonyl (C=O) groups excluding carboxylic acids is 1. The molecule has 0 atom stereocenters. The molecule has 0 radical (unpaired) electrons. The summed E-state index contributed by atoms with van der Waals surface area (Å²) in [5, 5.41) is 12.7. The van der Waals surface area contributed by atoms with Crippen LogP contribution in [-0.4, -0.2) is 57.2 Å². The Labute approximate surface area is 194 Å². The predicted molar refractivity (Wildman–Crippen MR) is 128 cm³/mol. The molecular formula is C21H27BrN6O2S. The Morgan fingerprint density at radius 1 is 1.23 bits per heavy atom. The highest BCUT2D eigenvalue weighted by atomic mass is 79.9. The number of hydrogen-bond acceptors (Lipinski definition) is 7. The molecule has 166 valence electrons. The van der Waals surface area contributed by atoms with Crippen molar-refractivity contribution in [1.29, 1.82) is 0 Å². The number of anilines is 1. The van der Waals surface area contributed by atoms with E-state index in [9.17, 15) is 4.79 Å². The number of thioether (sulfide) groups is 1. The SMILES string of the molecule is CCOCCNc1nc(SC(C)C)nc2c1cnn2CCNC(=O)c1ccc(Br)cc1. The normalized spacial score (nSPS) is 11.3. The van der Waals surface area contributed by atoms with Crippen molar-refractivity contribution in [3.8, 4) is 0 Å². The van der Waals surface area contributed by atoms with Gasteiger partial charge in [0.05, 0.1) is 24.7 Å². The molecule has 0 saturated carbocycles. The van der Waals surface area contributed by atoms with Crippen LogP contribution in [-0.2, 0) is 11.3 Å². The fraction of sp³-hybridized carbons (Fsp3) is 0.429. The van der Waals surface area contributed by atoms with E-state index in [1.165, 1.54) is 0 Å². The van der Waals surface area contributed by atoms with E-state index in [1.54, 1.807) is 34.8 Å². The van der Waals surface area contributed by atoms with Crippen LogP contribution in [0.5, 0.6) is 0 Å². The van der Waals surface area contributed by atoms with Crippen molar-refractivity contribution in [2.45, 2.75) is 37.7 Å². The summed E-state index contributed by atoms with van der Waals surface area (Å²) < 4.78 is 8.15. The van der Waals surface area contributed by atoms with E-state index < -0.39 is 0 Å². The molecule has 1 amide bonds. The third-order valence-electron chi connectivity index (χ3n) is 4.28. The summed E-state index contributed by atoms with van der Waals surface area (Å²) >= 11 is 4.98. The molecule has 0 saturated heterocycles. The van der Waals surface area contributed by atoms with E-state index in [2.05, 4.69) is 50.5 Å². The second-order valence-electron chi connectivity index (χ2n) is 7.01. The minimum absolute atomic E-state index is 0.118. The van der Waals surface area contributed by atoms with E-state index in [-0.39, 0.29) is 5.91 Å². The fourth-order valence-corrected chi connectivity index (χ4v) is 3.83. The standard InChI is InChI=1S/C21H27BrN6O2S/c1-4-30-12-10-23-18-17-13-25-28(19(17)27-21(26-18)31-14(2)3)11-9-24-20(29)15-5-7-16(22)8-6-15/h5-8,13-14H,4,9-12H2,1-3H3,(H,24,29)(H,23,26,27). The molecule has 0 fully saturated rings. The Balaban J connectivity index is 1.72. The molecule has 31 heavy (non-hydrogen) atoms. The van der Waals surface area contributed by atoms with Crippen LogP contribution in [0.25, 0.3) is 11.0 Å². The highest BCUT2D eigenvalue weighted by Crippen LogP contribution is 2.26. The summed E-state index contributed by atoms with van der Waals surface area (Å²) in [4.78, 5) is 21.7. The maximum absolute atomic E-state index is 12.3. The van der Waals surface area contributed by atoms with Gasteiger partial charge in [-0.2, -0.15) is 5.10 Å². The topological polar surface area (TPSA) is 94.0 Å². The molecule has 2 N–H and O–H groups in total. The van der Waals surface area contributed by atoms with Gasteiger partial charge < -0.3 is 15.4 Å². The predicted octanol–water partition coefficient (Wildman–Crippen LogP) is 3.97. The molecule has 8 nitrogen and oxygen atoms in total. The van der Waals surface area contributed by atoms with Crippen LogP contribution < -0.4 is 10.6 Å². The van der Waals surface area contributed by atoms with Crippen LogP contribution in [0.2, 0.25) is 0 Å². The number of hydrogen-bond donors (Lipinski definition) is 2. The van der Waals surface area contributed by atoms with Crippen molar-refractivity contribution in [3.05, 3.63) is 40.5 Å². The van der Waals surface area contributed by atoms with Gasteiger partial charge in [-0.25, -0.2) is 14.6 Å². The van der Waals surface area contributed by atoms with Gasteiger partial charge in [-0.05, 0) is 31.2 Å². The van der Waals surface area contributed by atoms with Crippen LogP contribution in [0, 0.1) is 0 Å². The third-order valence-corrected chi connectivity index (χ3v) is 5.67.